The van der Waals surface area contributed by atoms with Gasteiger partial charge in [0.15, 0.2) is 0 Å². The largest absolute Gasteiger partial charge is 0.352 e. The van der Waals surface area contributed by atoms with Gasteiger partial charge >= 0.3 is 0 Å². The van der Waals surface area contributed by atoms with Crippen LogP contribution in [0.3, 0.4) is 0 Å². The molecule has 16 heavy (non-hydrogen) atoms. The molecule has 0 aromatic heterocycles. The van der Waals surface area contributed by atoms with Gasteiger partial charge in [-0.3, -0.25) is 4.79 Å². The van der Waals surface area contributed by atoms with Crippen LogP contribution in [-0.4, -0.2) is 18.2 Å². The van der Waals surface area contributed by atoms with E-state index in [2.05, 4.69) is 11.9 Å². The van der Waals surface area contributed by atoms with Gasteiger partial charge in [-0.05, 0) is 18.2 Å². The first kappa shape index (κ1) is 13.4. The second-order valence-corrected chi connectivity index (χ2v) is 4.82. The van der Waals surface area contributed by atoms with E-state index in [1.165, 1.54) is 11.8 Å². The molecule has 1 N–H and O–H groups in total. The number of carbonyl (C=O) groups excluding carboxylic acids is 1. The topological polar surface area (TPSA) is 29.1 Å². The van der Waals surface area contributed by atoms with Crippen LogP contribution in [0, 0.1) is 0 Å². The van der Waals surface area contributed by atoms with Crippen molar-refractivity contribution in [3.05, 3.63) is 40.9 Å². The first-order chi connectivity index (χ1) is 7.63. The van der Waals surface area contributed by atoms with Crippen molar-refractivity contribution in [1.82, 2.24) is 5.32 Å². The summed E-state index contributed by atoms with van der Waals surface area (Å²) in [7, 11) is 0. The van der Waals surface area contributed by atoms with Gasteiger partial charge < -0.3 is 5.32 Å². The molecule has 5 heteroatoms. The minimum atomic E-state index is -0.0315. The molecule has 0 saturated heterocycles. The summed E-state index contributed by atoms with van der Waals surface area (Å²) >= 11 is 13.0. The van der Waals surface area contributed by atoms with Crippen molar-refractivity contribution in [2.24, 2.45) is 0 Å². The van der Waals surface area contributed by atoms with Crippen LogP contribution in [0.25, 0.3) is 0 Å². The number of rotatable bonds is 5. The summed E-state index contributed by atoms with van der Waals surface area (Å²) in [5, 5.41) is 3.71. The Kier molecular flexibility index (Phi) is 5.74. The number of hydrogen-bond donors (Lipinski definition) is 1. The Balaban J connectivity index is 2.45. The Bertz CT molecular complexity index is 396. The Hall–Kier alpha value is -0.640. The van der Waals surface area contributed by atoms with Crippen molar-refractivity contribution in [3.63, 3.8) is 0 Å². The molecule has 0 atom stereocenters. The van der Waals surface area contributed by atoms with Gasteiger partial charge in [-0.2, -0.15) is 0 Å². The second kappa shape index (κ2) is 6.84. The third-order valence-corrected chi connectivity index (χ3v) is 3.44. The molecule has 0 aliphatic heterocycles. The molecule has 0 spiro atoms. The first-order valence-corrected chi connectivity index (χ1v) is 6.33. The highest BCUT2D eigenvalue weighted by atomic mass is 35.5. The number of amides is 1. The summed E-state index contributed by atoms with van der Waals surface area (Å²) in [6.45, 7) is 4.01. The van der Waals surface area contributed by atoms with E-state index in [0.29, 0.717) is 22.3 Å². The van der Waals surface area contributed by atoms with E-state index in [9.17, 15) is 4.79 Å². The predicted molar refractivity (Wildman–Crippen MR) is 70.4 cm³/mol. The lowest BCUT2D eigenvalue weighted by atomic mass is 10.4. The van der Waals surface area contributed by atoms with E-state index in [1.54, 1.807) is 18.2 Å². The molecule has 0 aliphatic carbocycles. The molecule has 0 bridgehead atoms. The average Bonchev–Trinajstić information content (AvgIpc) is 2.28. The van der Waals surface area contributed by atoms with Gasteiger partial charge in [0.2, 0.25) is 5.91 Å². The highest BCUT2D eigenvalue weighted by Gasteiger charge is 2.03. The smallest absolute Gasteiger partial charge is 0.230 e. The van der Waals surface area contributed by atoms with E-state index >= 15 is 0 Å². The molecule has 0 aliphatic rings. The molecule has 0 fully saturated rings. The molecule has 1 rings (SSSR count). The van der Waals surface area contributed by atoms with Crippen molar-refractivity contribution >= 4 is 40.9 Å². The minimum Gasteiger partial charge on any atom is -0.352 e. The van der Waals surface area contributed by atoms with Gasteiger partial charge in [-0.15, -0.1) is 18.3 Å². The molecule has 0 heterocycles. The summed E-state index contributed by atoms with van der Waals surface area (Å²) in [5.74, 6) is 0.321. The van der Waals surface area contributed by atoms with Gasteiger partial charge in [-0.25, -0.2) is 0 Å². The zero-order valence-corrected chi connectivity index (χ0v) is 10.8. The maximum Gasteiger partial charge on any atom is 0.230 e. The maximum atomic E-state index is 11.3. The summed E-state index contributed by atoms with van der Waals surface area (Å²) in [6.07, 6.45) is 1.64. The Labute approximate surface area is 109 Å². The van der Waals surface area contributed by atoms with E-state index < -0.39 is 0 Å². The molecule has 1 aromatic rings. The van der Waals surface area contributed by atoms with Gasteiger partial charge in [0.05, 0.1) is 15.8 Å². The van der Waals surface area contributed by atoms with Crippen LogP contribution in [0.15, 0.2) is 35.7 Å². The fourth-order valence-electron chi connectivity index (χ4n) is 0.953. The monoisotopic (exact) mass is 275 g/mol. The number of thioether (sulfide) groups is 1. The molecule has 0 radical (unpaired) electrons. The normalized spacial score (nSPS) is 9.88. The van der Waals surface area contributed by atoms with Crippen LogP contribution in [-0.2, 0) is 4.79 Å². The second-order valence-electron chi connectivity index (χ2n) is 2.96. The minimum absolute atomic E-state index is 0.0315. The third-order valence-electron chi connectivity index (χ3n) is 1.70. The molecule has 1 amide bonds. The predicted octanol–water partition coefficient (Wildman–Crippen LogP) is 3.39. The van der Waals surface area contributed by atoms with Crippen molar-refractivity contribution in [2.45, 2.75) is 4.90 Å². The van der Waals surface area contributed by atoms with E-state index in [-0.39, 0.29) is 5.91 Å². The van der Waals surface area contributed by atoms with E-state index in [4.69, 9.17) is 23.2 Å². The van der Waals surface area contributed by atoms with E-state index in [1.807, 2.05) is 6.07 Å². The summed E-state index contributed by atoms with van der Waals surface area (Å²) < 4.78 is 0. The lowest BCUT2D eigenvalue weighted by molar-refractivity contribution is -0.118. The molecule has 0 unspecified atom stereocenters. The van der Waals surface area contributed by atoms with Crippen LogP contribution >= 0.6 is 35.0 Å². The fourth-order valence-corrected chi connectivity index (χ4v) is 2.08. The molecule has 2 nitrogen and oxygen atoms in total. The lowest BCUT2D eigenvalue weighted by Gasteiger charge is -2.03. The van der Waals surface area contributed by atoms with Crippen LogP contribution in [0.4, 0.5) is 0 Å². The van der Waals surface area contributed by atoms with Crippen molar-refractivity contribution in [2.75, 3.05) is 12.3 Å². The van der Waals surface area contributed by atoms with Crippen LogP contribution in [0.1, 0.15) is 0 Å². The zero-order valence-electron chi connectivity index (χ0n) is 8.50. The number of carbonyl (C=O) groups is 1. The van der Waals surface area contributed by atoms with Crippen LogP contribution in [0.5, 0.6) is 0 Å². The van der Waals surface area contributed by atoms with Gasteiger partial charge in [-0.1, -0.05) is 29.3 Å². The molecular formula is C11H11Cl2NOS. The Morgan fingerprint density at radius 2 is 2.19 bits per heavy atom. The summed E-state index contributed by atoms with van der Waals surface area (Å²) in [4.78, 5) is 12.2. The van der Waals surface area contributed by atoms with E-state index in [0.717, 1.165) is 4.90 Å². The van der Waals surface area contributed by atoms with Crippen LogP contribution in [0.2, 0.25) is 10.0 Å². The molecule has 0 saturated carbocycles. The Morgan fingerprint density at radius 1 is 1.44 bits per heavy atom. The lowest BCUT2D eigenvalue weighted by Crippen LogP contribution is -2.24. The zero-order chi connectivity index (χ0) is 12.0. The number of halogens is 2. The molecular weight excluding hydrogens is 265 g/mol. The number of nitrogens with one attached hydrogen (secondary N) is 1. The Morgan fingerprint density at radius 3 is 2.81 bits per heavy atom. The average molecular weight is 276 g/mol. The van der Waals surface area contributed by atoms with Gasteiger partial charge in [0.1, 0.15) is 0 Å². The van der Waals surface area contributed by atoms with Gasteiger partial charge in [0, 0.05) is 11.4 Å². The summed E-state index contributed by atoms with van der Waals surface area (Å²) in [6, 6.07) is 5.29. The quantitative estimate of drug-likeness (QED) is 0.659. The summed E-state index contributed by atoms with van der Waals surface area (Å²) in [5.41, 5.74) is 0. The highest BCUT2D eigenvalue weighted by molar-refractivity contribution is 8.00. The number of benzene rings is 1. The first-order valence-electron chi connectivity index (χ1n) is 4.59. The maximum absolute atomic E-state index is 11.3. The third kappa shape index (κ3) is 4.47. The number of hydrogen-bond acceptors (Lipinski definition) is 2. The highest BCUT2D eigenvalue weighted by Crippen LogP contribution is 2.27. The SMILES string of the molecule is C=CCNC(=O)CSc1ccc(Cl)c(Cl)c1. The van der Waals surface area contributed by atoms with Crippen molar-refractivity contribution in [1.29, 1.82) is 0 Å². The molecule has 1 aromatic carbocycles. The molecule has 86 valence electrons. The van der Waals surface area contributed by atoms with Crippen molar-refractivity contribution < 1.29 is 4.79 Å². The van der Waals surface area contributed by atoms with Crippen LogP contribution < -0.4 is 5.32 Å². The van der Waals surface area contributed by atoms with Crippen molar-refractivity contribution in [3.8, 4) is 0 Å². The van der Waals surface area contributed by atoms with Gasteiger partial charge in [0.25, 0.3) is 0 Å². The standard InChI is InChI=1S/C11H11Cl2NOS/c1-2-5-14-11(15)7-16-8-3-4-9(12)10(13)6-8/h2-4,6H,1,5,7H2,(H,14,15). The fraction of sp³-hybridized carbons (Fsp3) is 0.182.